The van der Waals surface area contributed by atoms with Crippen LogP contribution in [0.4, 0.5) is 0 Å². The zero-order valence-electron chi connectivity index (χ0n) is 7.18. The van der Waals surface area contributed by atoms with Crippen molar-refractivity contribution in [1.29, 1.82) is 0 Å². The predicted molar refractivity (Wildman–Crippen MR) is 39.2 cm³/mol. The molecule has 0 amide bonds. The van der Waals surface area contributed by atoms with Crippen molar-refractivity contribution in [2.24, 2.45) is 0 Å². The topological polar surface area (TPSA) is 12.9 Å². The summed E-state index contributed by atoms with van der Waals surface area (Å²) in [7, 11) is 0. The third-order valence-corrected chi connectivity index (χ3v) is 0.748. The normalized spacial score (nSPS) is 6.70. The summed E-state index contributed by atoms with van der Waals surface area (Å²) in [6.45, 7) is 5.97. The standard InChI is InChI=1S/C6H6N.C2H6.Rb/c1-6-3-2-4-7-5-6;1-2;/h2-4H,1H3;1-2H3;/q-1;;+1. The SMILES string of the molecule is CC.Cc1[c-]nccc1.[Rb+]. The van der Waals surface area contributed by atoms with Gasteiger partial charge < -0.3 is 4.98 Å². The van der Waals surface area contributed by atoms with E-state index in [1.165, 1.54) is 0 Å². The number of aryl methyl sites for hydroxylation is 1. The molecule has 0 spiro atoms. The van der Waals surface area contributed by atoms with Gasteiger partial charge in [0.15, 0.2) is 0 Å². The average Bonchev–Trinajstić information content (AvgIpc) is 1.94. The third kappa shape index (κ3) is 7.07. The minimum Gasteiger partial charge on any atom is -0.394 e. The first-order chi connectivity index (χ1) is 4.39. The molecule has 0 aromatic carbocycles. The van der Waals surface area contributed by atoms with E-state index in [1.54, 1.807) is 6.20 Å². The van der Waals surface area contributed by atoms with Crippen molar-refractivity contribution in [2.45, 2.75) is 20.8 Å². The molecule has 1 heterocycles. The van der Waals surface area contributed by atoms with Gasteiger partial charge in [0.25, 0.3) is 0 Å². The van der Waals surface area contributed by atoms with Crippen LogP contribution in [0.15, 0.2) is 18.3 Å². The van der Waals surface area contributed by atoms with Crippen molar-refractivity contribution in [3.8, 4) is 0 Å². The van der Waals surface area contributed by atoms with Gasteiger partial charge >= 0.3 is 58.2 Å². The molecule has 0 saturated carbocycles. The monoisotopic (exact) mass is 207 g/mol. The fourth-order valence-electron chi connectivity index (χ4n) is 0.407. The zero-order valence-corrected chi connectivity index (χ0v) is 12.1. The molecule has 0 aliphatic carbocycles. The van der Waals surface area contributed by atoms with Crippen LogP contribution in [-0.2, 0) is 0 Å². The summed E-state index contributed by atoms with van der Waals surface area (Å²) in [6, 6.07) is 3.86. The van der Waals surface area contributed by atoms with Gasteiger partial charge in [-0.2, -0.15) is 12.1 Å². The molecule has 0 atom stereocenters. The van der Waals surface area contributed by atoms with Crippen LogP contribution in [-0.4, -0.2) is 4.98 Å². The molecule has 1 aromatic rings. The quantitative estimate of drug-likeness (QED) is 0.509. The van der Waals surface area contributed by atoms with Crippen LogP contribution in [0, 0.1) is 13.1 Å². The Morgan fingerprint density at radius 3 is 2.20 bits per heavy atom. The van der Waals surface area contributed by atoms with Crippen molar-refractivity contribution >= 4 is 0 Å². The number of aromatic nitrogens is 1. The predicted octanol–water partition coefficient (Wildman–Crippen LogP) is -0.780. The molecule has 0 aliphatic heterocycles. The molecular formula is C8H12NRb. The van der Waals surface area contributed by atoms with Crippen molar-refractivity contribution in [2.75, 3.05) is 0 Å². The number of hydrogen-bond donors (Lipinski definition) is 0. The molecule has 0 saturated heterocycles. The Bertz CT molecular complexity index is 139. The number of hydrogen-bond acceptors (Lipinski definition) is 1. The fraction of sp³-hybridized carbons (Fsp3) is 0.375. The third-order valence-electron chi connectivity index (χ3n) is 0.748. The first-order valence-corrected chi connectivity index (χ1v) is 3.19. The summed E-state index contributed by atoms with van der Waals surface area (Å²) in [5.74, 6) is 0. The van der Waals surface area contributed by atoms with E-state index in [-0.39, 0.29) is 58.2 Å². The molecule has 0 radical (unpaired) electrons. The number of rotatable bonds is 0. The Kier molecular flexibility index (Phi) is 13.5. The second kappa shape index (κ2) is 9.96. The Morgan fingerprint density at radius 2 is 2.00 bits per heavy atom. The minimum atomic E-state index is 0. The maximum atomic E-state index is 3.76. The molecule has 1 nitrogen and oxygen atoms in total. The molecular weight excluding hydrogens is 196 g/mol. The maximum absolute atomic E-state index is 3.76. The van der Waals surface area contributed by atoms with Crippen LogP contribution < -0.4 is 58.2 Å². The molecule has 0 unspecified atom stereocenters. The van der Waals surface area contributed by atoms with E-state index in [1.807, 2.05) is 32.9 Å². The van der Waals surface area contributed by atoms with Gasteiger partial charge in [-0.05, 0) is 0 Å². The van der Waals surface area contributed by atoms with E-state index in [0.717, 1.165) is 5.56 Å². The van der Waals surface area contributed by atoms with Crippen molar-refractivity contribution in [3.05, 3.63) is 30.1 Å². The summed E-state index contributed by atoms with van der Waals surface area (Å²) in [5, 5.41) is 0. The smallest absolute Gasteiger partial charge is 0.394 e. The molecule has 2 heteroatoms. The van der Waals surface area contributed by atoms with E-state index in [4.69, 9.17) is 0 Å². The summed E-state index contributed by atoms with van der Waals surface area (Å²) in [5.41, 5.74) is 1.09. The maximum Gasteiger partial charge on any atom is 1.00 e. The van der Waals surface area contributed by atoms with Gasteiger partial charge in [0, 0.05) is 0 Å². The van der Waals surface area contributed by atoms with Gasteiger partial charge in [0.2, 0.25) is 0 Å². The molecule has 0 N–H and O–H groups in total. The first kappa shape index (κ1) is 13.5. The van der Waals surface area contributed by atoms with Gasteiger partial charge in [0.1, 0.15) is 0 Å². The summed E-state index contributed by atoms with van der Waals surface area (Å²) in [4.78, 5) is 3.76. The summed E-state index contributed by atoms with van der Waals surface area (Å²) >= 11 is 0. The van der Waals surface area contributed by atoms with Gasteiger partial charge in [-0.25, -0.2) is 0 Å². The van der Waals surface area contributed by atoms with Gasteiger partial charge in [-0.1, -0.05) is 33.2 Å². The van der Waals surface area contributed by atoms with E-state index >= 15 is 0 Å². The summed E-state index contributed by atoms with van der Waals surface area (Å²) < 4.78 is 0. The van der Waals surface area contributed by atoms with E-state index < -0.39 is 0 Å². The first-order valence-electron chi connectivity index (χ1n) is 3.19. The van der Waals surface area contributed by atoms with Crippen molar-refractivity contribution in [1.82, 2.24) is 4.98 Å². The van der Waals surface area contributed by atoms with Gasteiger partial charge in [-0.3, -0.25) is 0 Å². The largest absolute Gasteiger partial charge is 1.00 e. The number of nitrogens with zero attached hydrogens (tertiary/aromatic N) is 1. The van der Waals surface area contributed by atoms with Crippen LogP contribution in [0.5, 0.6) is 0 Å². The molecule has 10 heavy (non-hydrogen) atoms. The molecule has 50 valence electrons. The van der Waals surface area contributed by atoms with Gasteiger partial charge in [0.05, 0.1) is 0 Å². The van der Waals surface area contributed by atoms with Crippen LogP contribution in [0.3, 0.4) is 0 Å². The van der Waals surface area contributed by atoms with Crippen LogP contribution in [0.1, 0.15) is 19.4 Å². The molecule has 0 bridgehead atoms. The van der Waals surface area contributed by atoms with E-state index in [2.05, 4.69) is 11.2 Å². The second-order valence-corrected chi connectivity index (χ2v) is 1.43. The average molecular weight is 208 g/mol. The second-order valence-electron chi connectivity index (χ2n) is 1.43. The van der Waals surface area contributed by atoms with Gasteiger partial charge in [-0.15, -0.1) is 5.56 Å². The van der Waals surface area contributed by atoms with E-state index in [9.17, 15) is 0 Å². The Labute approximate surface area is 112 Å². The number of pyridine rings is 1. The molecule has 1 aromatic heterocycles. The van der Waals surface area contributed by atoms with Crippen LogP contribution in [0.2, 0.25) is 0 Å². The Morgan fingerprint density at radius 1 is 1.40 bits per heavy atom. The fourth-order valence-corrected chi connectivity index (χ4v) is 0.407. The molecule has 0 aliphatic rings. The Balaban J connectivity index is 0. The van der Waals surface area contributed by atoms with Crippen LogP contribution >= 0.6 is 0 Å². The minimum absolute atomic E-state index is 0. The molecule has 1 rings (SSSR count). The van der Waals surface area contributed by atoms with Crippen LogP contribution in [0.25, 0.3) is 0 Å². The van der Waals surface area contributed by atoms with E-state index in [0.29, 0.717) is 0 Å². The summed E-state index contributed by atoms with van der Waals surface area (Å²) in [6.07, 6.45) is 4.50. The molecule has 0 fully saturated rings. The zero-order chi connectivity index (χ0) is 7.11. The van der Waals surface area contributed by atoms with Crippen molar-refractivity contribution < 1.29 is 58.2 Å². The Hall–Kier alpha value is 0.955. The van der Waals surface area contributed by atoms with Crippen molar-refractivity contribution in [3.63, 3.8) is 0 Å².